The van der Waals surface area contributed by atoms with E-state index in [-0.39, 0.29) is 11.8 Å². The Morgan fingerprint density at radius 2 is 2.00 bits per heavy atom. The van der Waals surface area contributed by atoms with E-state index in [0.29, 0.717) is 0 Å². The summed E-state index contributed by atoms with van der Waals surface area (Å²) in [6.07, 6.45) is 0.816. The summed E-state index contributed by atoms with van der Waals surface area (Å²) in [5, 5.41) is 5.89. The molecular formula is C13H16N2O. The van der Waals surface area contributed by atoms with Crippen LogP contribution in [0.4, 0.5) is 5.69 Å². The highest BCUT2D eigenvalue weighted by atomic mass is 16.2. The Kier molecular flexibility index (Phi) is 2.77. The third kappa shape index (κ3) is 1.62. The molecule has 0 aliphatic carbocycles. The number of nitrogens with zero attached hydrogens (tertiary/aromatic N) is 2. The fourth-order valence-corrected chi connectivity index (χ4v) is 2.05. The van der Waals surface area contributed by atoms with E-state index in [1.807, 2.05) is 45.0 Å². The maximum Gasteiger partial charge on any atom is 0.256 e. The van der Waals surface area contributed by atoms with Crippen LogP contribution in [-0.4, -0.2) is 11.6 Å². The number of benzene rings is 1. The van der Waals surface area contributed by atoms with Gasteiger partial charge in [0, 0.05) is 5.71 Å². The van der Waals surface area contributed by atoms with Gasteiger partial charge in [-0.2, -0.15) is 10.1 Å². The molecule has 1 aliphatic heterocycles. The lowest BCUT2D eigenvalue weighted by molar-refractivity contribution is -0.119. The van der Waals surface area contributed by atoms with Crippen LogP contribution in [0.5, 0.6) is 0 Å². The highest BCUT2D eigenvalue weighted by Gasteiger charge is 2.33. The number of hydrogen-bond donors (Lipinski definition) is 0. The second-order valence-electron chi connectivity index (χ2n) is 4.14. The van der Waals surface area contributed by atoms with Crippen molar-refractivity contribution in [2.75, 3.05) is 5.01 Å². The standard InChI is InChI=1S/C13H16N2O/c1-4-11-10(3)14-15(13(11)16)12-8-6-5-7-9(12)2/h5-8,11H,4H2,1-3H3. The minimum Gasteiger partial charge on any atom is -0.272 e. The van der Waals surface area contributed by atoms with E-state index in [4.69, 9.17) is 0 Å². The average molecular weight is 216 g/mol. The summed E-state index contributed by atoms with van der Waals surface area (Å²) in [6, 6.07) is 7.82. The van der Waals surface area contributed by atoms with E-state index in [0.717, 1.165) is 23.4 Å². The molecule has 16 heavy (non-hydrogen) atoms. The van der Waals surface area contributed by atoms with Crippen molar-refractivity contribution in [1.82, 2.24) is 0 Å². The van der Waals surface area contributed by atoms with Gasteiger partial charge in [-0.1, -0.05) is 25.1 Å². The van der Waals surface area contributed by atoms with Gasteiger partial charge in [0.2, 0.25) is 0 Å². The lowest BCUT2D eigenvalue weighted by Gasteiger charge is -2.15. The Hall–Kier alpha value is -1.64. The van der Waals surface area contributed by atoms with Gasteiger partial charge in [0.15, 0.2) is 0 Å². The molecule has 0 fully saturated rings. The number of carbonyl (C=O) groups excluding carboxylic acids is 1. The number of carbonyl (C=O) groups is 1. The van der Waals surface area contributed by atoms with Crippen molar-refractivity contribution in [2.45, 2.75) is 27.2 Å². The predicted octanol–water partition coefficient (Wildman–Crippen LogP) is 2.74. The van der Waals surface area contributed by atoms with Gasteiger partial charge in [-0.15, -0.1) is 0 Å². The Balaban J connectivity index is 2.38. The number of rotatable bonds is 2. The van der Waals surface area contributed by atoms with Crippen LogP contribution >= 0.6 is 0 Å². The van der Waals surface area contributed by atoms with Gasteiger partial charge < -0.3 is 0 Å². The van der Waals surface area contributed by atoms with Crippen LogP contribution in [0, 0.1) is 12.8 Å². The molecule has 84 valence electrons. The zero-order valence-corrected chi connectivity index (χ0v) is 9.90. The van der Waals surface area contributed by atoms with Gasteiger partial charge in [-0.25, -0.2) is 0 Å². The molecule has 0 radical (unpaired) electrons. The SMILES string of the molecule is CCC1C(=O)N(c2ccccc2C)N=C1C. The number of hydrogen-bond acceptors (Lipinski definition) is 2. The second kappa shape index (κ2) is 4.08. The molecule has 0 spiro atoms. The van der Waals surface area contributed by atoms with Crippen molar-refractivity contribution in [2.24, 2.45) is 11.0 Å². The lowest BCUT2D eigenvalue weighted by Crippen LogP contribution is -2.27. The second-order valence-corrected chi connectivity index (χ2v) is 4.14. The van der Waals surface area contributed by atoms with Gasteiger partial charge in [0.25, 0.3) is 5.91 Å². The van der Waals surface area contributed by atoms with Crippen molar-refractivity contribution in [1.29, 1.82) is 0 Å². The molecule has 0 N–H and O–H groups in total. The summed E-state index contributed by atoms with van der Waals surface area (Å²) in [5.41, 5.74) is 2.88. The van der Waals surface area contributed by atoms with Crippen LogP contribution in [0.25, 0.3) is 0 Å². The quantitative estimate of drug-likeness (QED) is 0.748. The van der Waals surface area contributed by atoms with E-state index < -0.39 is 0 Å². The molecule has 1 atom stereocenters. The topological polar surface area (TPSA) is 32.7 Å². The first-order valence-electron chi connectivity index (χ1n) is 5.60. The molecule has 1 aromatic rings. The van der Waals surface area contributed by atoms with Crippen LogP contribution in [0.15, 0.2) is 29.4 Å². The average Bonchev–Trinajstić information content (AvgIpc) is 2.55. The van der Waals surface area contributed by atoms with Crippen LogP contribution in [0.2, 0.25) is 0 Å². The van der Waals surface area contributed by atoms with Crippen LogP contribution in [0.1, 0.15) is 25.8 Å². The number of hydrazone groups is 1. The van der Waals surface area contributed by atoms with E-state index in [1.165, 1.54) is 0 Å². The van der Waals surface area contributed by atoms with Crippen LogP contribution < -0.4 is 5.01 Å². The lowest BCUT2D eigenvalue weighted by atomic mass is 10.0. The Labute approximate surface area is 95.8 Å². The number of amides is 1. The van der Waals surface area contributed by atoms with Crippen molar-refractivity contribution in [3.63, 3.8) is 0 Å². The minimum atomic E-state index is -0.0420. The molecule has 1 amide bonds. The third-order valence-corrected chi connectivity index (χ3v) is 3.02. The first kappa shape index (κ1) is 10.9. The molecule has 3 heteroatoms. The maximum atomic E-state index is 12.1. The van der Waals surface area contributed by atoms with Gasteiger partial charge in [0.05, 0.1) is 11.6 Å². The molecular weight excluding hydrogens is 200 g/mol. The minimum absolute atomic E-state index is 0.0420. The summed E-state index contributed by atoms with van der Waals surface area (Å²) in [7, 11) is 0. The van der Waals surface area contributed by atoms with Gasteiger partial charge >= 0.3 is 0 Å². The van der Waals surface area contributed by atoms with Crippen LogP contribution in [0.3, 0.4) is 0 Å². The van der Waals surface area contributed by atoms with Crippen LogP contribution in [-0.2, 0) is 4.79 Å². The van der Waals surface area contributed by atoms with Crippen molar-refractivity contribution >= 4 is 17.3 Å². The monoisotopic (exact) mass is 216 g/mol. The van der Waals surface area contributed by atoms with E-state index >= 15 is 0 Å². The normalized spacial score (nSPS) is 20.2. The largest absolute Gasteiger partial charge is 0.272 e. The zero-order chi connectivity index (χ0) is 11.7. The number of aryl methyl sites for hydroxylation is 1. The Morgan fingerprint density at radius 3 is 2.56 bits per heavy atom. The molecule has 0 aromatic heterocycles. The summed E-state index contributed by atoms with van der Waals surface area (Å²) >= 11 is 0. The summed E-state index contributed by atoms with van der Waals surface area (Å²) < 4.78 is 0. The summed E-state index contributed by atoms with van der Waals surface area (Å²) in [5.74, 6) is 0.0499. The molecule has 0 bridgehead atoms. The third-order valence-electron chi connectivity index (χ3n) is 3.02. The molecule has 1 heterocycles. The first-order valence-corrected chi connectivity index (χ1v) is 5.60. The molecule has 2 rings (SSSR count). The van der Waals surface area contributed by atoms with Crippen molar-refractivity contribution < 1.29 is 4.79 Å². The summed E-state index contributed by atoms with van der Waals surface area (Å²) in [6.45, 7) is 5.93. The highest BCUT2D eigenvalue weighted by Crippen LogP contribution is 2.27. The van der Waals surface area contributed by atoms with E-state index in [1.54, 1.807) is 5.01 Å². The predicted molar refractivity (Wildman–Crippen MR) is 65.6 cm³/mol. The smallest absolute Gasteiger partial charge is 0.256 e. The van der Waals surface area contributed by atoms with Gasteiger partial charge in [0.1, 0.15) is 0 Å². The van der Waals surface area contributed by atoms with Gasteiger partial charge in [-0.05, 0) is 31.9 Å². The van der Waals surface area contributed by atoms with Crippen molar-refractivity contribution in [3.05, 3.63) is 29.8 Å². The first-order chi connectivity index (χ1) is 7.65. The fraction of sp³-hybridized carbons (Fsp3) is 0.385. The fourth-order valence-electron chi connectivity index (χ4n) is 2.05. The molecule has 0 saturated heterocycles. The molecule has 3 nitrogen and oxygen atoms in total. The number of anilines is 1. The zero-order valence-electron chi connectivity index (χ0n) is 9.90. The Morgan fingerprint density at radius 1 is 1.31 bits per heavy atom. The van der Waals surface area contributed by atoms with E-state index in [9.17, 15) is 4.79 Å². The van der Waals surface area contributed by atoms with E-state index in [2.05, 4.69) is 5.10 Å². The van der Waals surface area contributed by atoms with Gasteiger partial charge in [-0.3, -0.25) is 4.79 Å². The molecule has 1 aromatic carbocycles. The number of para-hydroxylation sites is 1. The summed E-state index contributed by atoms with van der Waals surface area (Å²) in [4.78, 5) is 12.1. The molecule has 1 aliphatic rings. The molecule has 0 saturated carbocycles. The maximum absolute atomic E-state index is 12.1. The molecule has 1 unspecified atom stereocenters. The van der Waals surface area contributed by atoms with Crippen molar-refractivity contribution in [3.8, 4) is 0 Å². The Bertz CT molecular complexity index is 451. The highest BCUT2D eigenvalue weighted by molar-refractivity contribution is 6.14.